The Kier molecular flexibility index (Phi) is 15.3. The van der Waals surface area contributed by atoms with Gasteiger partial charge >= 0.3 is 0 Å². The molecule has 8 bridgehead atoms. The predicted octanol–water partition coefficient (Wildman–Crippen LogP) is 9.69. The Labute approximate surface area is 441 Å². The maximum Gasteiger partial charge on any atom is 0.0628 e. The van der Waals surface area contributed by atoms with E-state index in [1.54, 1.807) is 0 Å². The molecule has 4 aromatic rings. The topological polar surface area (TPSA) is 96.2 Å². The molecule has 5 aliphatic heterocycles. The van der Waals surface area contributed by atoms with Crippen LogP contribution in [0.1, 0.15) is 77.0 Å². The molecule has 362 valence electrons. The zero-order valence-electron chi connectivity index (χ0n) is 39.9. The smallest absolute Gasteiger partial charge is 0.0628 e. The van der Waals surface area contributed by atoms with Gasteiger partial charge in [0, 0.05) is 60.1 Å². The molecule has 13 heteroatoms. The molecule has 5 heterocycles. The maximum atomic E-state index is 4.45. The van der Waals surface area contributed by atoms with Crippen molar-refractivity contribution in [1.82, 2.24) is 42.5 Å². The monoisotopic (exact) mass is 1050 g/mol. The van der Waals surface area contributed by atoms with Crippen LogP contribution in [0.25, 0.3) is 0 Å². The van der Waals surface area contributed by atoms with Crippen LogP contribution >= 0.6 is 47.0 Å². The van der Waals surface area contributed by atoms with Crippen LogP contribution in [0, 0.1) is 47.3 Å². The molecule has 0 aromatic heterocycles. The molecule has 4 aromatic carbocycles. The van der Waals surface area contributed by atoms with Gasteiger partial charge in [-0.3, -0.25) is 42.5 Å². The zero-order valence-corrected chi connectivity index (χ0v) is 46.2. The van der Waals surface area contributed by atoms with Crippen molar-refractivity contribution in [2.75, 3.05) is 0 Å². The fourth-order valence-electron chi connectivity index (χ4n) is 15.0. The van der Waals surface area contributed by atoms with E-state index in [0.29, 0.717) is 68.3 Å². The van der Waals surface area contributed by atoms with Crippen molar-refractivity contribution in [3.8, 4) is 0 Å². The third-order valence-electron chi connectivity index (χ3n) is 18.1. The van der Waals surface area contributed by atoms with Crippen molar-refractivity contribution in [3.63, 3.8) is 0 Å². The first kappa shape index (κ1) is 48.5. The number of nitrogens with one attached hydrogen (secondary N) is 8. The Balaban J connectivity index is 0.00000492. The average Bonchev–Trinajstić information content (AvgIpc) is 4.10. The summed E-state index contributed by atoms with van der Waals surface area (Å²) in [7, 11) is 0. The summed E-state index contributed by atoms with van der Waals surface area (Å²) in [5.41, 5.74) is 0. The molecule has 12 unspecified atom stereocenters. The zero-order chi connectivity index (χ0) is 45.0. The summed E-state index contributed by atoms with van der Waals surface area (Å²) in [6.45, 7) is 0. The van der Waals surface area contributed by atoms with E-state index in [4.69, 9.17) is 0 Å². The van der Waals surface area contributed by atoms with E-state index in [9.17, 15) is 0 Å². The quantitative estimate of drug-likeness (QED) is 0.0809. The molecule has 69 heavy (non-hydrogen) atoms. The summed E-state index contributed by atoms with van der Waals surface area (Å²) >= 11 is 8.50. The summed E-state index contributed by atoms with van der Waals surface area (Å²) in [5, 5.41) is 37.8. The molecule has 4 aliphatic carbocycles. The molecule has 8 N–H and O–H groups in total. The number of fused-ring (bicyclic) bond motifs is 20. The van der Waals surface area contributed by atoms with Gasteiger partial charge in [-0.05, 0) is 173 Å². The van der Waals surface area contributed by atoms with Gasteiger partial charge in [0.05, 0.1) is 49.3 Å². The van der Waals surface area contributed by atoms with E-state index in [1.807, 2.05) is 0 Å². The first-order chi connectivity index (χ1) is 33.6. The van der Waals surface area contributed by atoms with Crippen molar-refractivity contribution in [2.45, 2.75) is 167 Å². The van der Waals surface area contributed by atoms with Crippen LogP contribution < -0.4 is 42.5 Å². The summed E-state index contributed by atoms with van der Waals surface area (Å²) < 4.78 is 0. The van der Waals surface area contributed by atoms with E-state index in [2.05, 4.69) is 211 Å². The van der Waals surface area contributed by atoms with E-state index in [-0.39, 0.29) is 68.8 Å². The van der Waals surface area contributed by atoms with Crippen LogP contribution in [-0.4, -0.2) is 70.3 Å². The van der Waals surface area contributed by atoms with Gasteiger partial charge in [-0.1, -0.05) is 72.8 Å². The van der Waals surface area contributed by atoms with Crippen molar-refractivity contribution in [1.29, 1.82) is 0 Å². The molecule has 9 fully saturated rings. The third-order valence-corrected chi connectivity index (χ3v) is 23.3. The summed E-state index contributed by atoms with van der Waals surface area (Å²) in [6, 6.07) is 44.8. The Hall–Kier alpha value is -1.42. The van der Waals surface area contributed by atoms with Gasteiger partial charge < -0.3 is 0 Å². The minimum atomic E-state index is 0. The SMILES string of the molecule is [Zn].c1ccc(SC2CCC3C4NC(NC5NC(NC6NC(NC7NC(N4)C4CC(Sc8ccccc8)CCC74)C4CC(Sc7ccccc7)CCC64)C4CC(Sc6ccccc6)CCC54)C3C2)cc1. The van der Waals surface area contributed by atoms with Gasteiger partial charge in [0.15, 0.2) is 0 Å². The van der Waals surface area contributed by atoms with Crippen LogP contribution in [0.4, 0.5) is 0 Å². The fourth-order valence-corrected chi connectivity index (χ4v) is 20.1. The molecule has 5 saturated heterocycles. The maximum absolute atomic E-state index is 4.45. The standard InChI is InChI=1S/C56H72N8S4.Zn/c1-5-13-33(14-6-1)65-37-21-25-41-45(29-37)53-57-49(41)62-54-47-31-39(67-35-17-9-3-10-18-35)23-27-43(47)51(59-54)64-56-48-32-40(68-36-19-11-4-12-20-36)24-28-44(48)52(60-56)63-55-46-30-38(66-34-15-7-2-8-16-34)22-26-42(46)50(58-55)61-53;/h1-20,37-64H,21-32H2;. The van der Waals surface area contributed by atoms with E-state index in [0.717, 1.165) is 0 Å². The van der Waals surface area contributed by atoms with Gasteiger partial charge in [0.1, 0.15) is 0 Å². The van der Waals surface area contributed by atoms with Crippen LogP contribution in [0.5, 0.6) is 0 Å². The van der Waals surface area contributed by atoms with Crippen LogP contribution in [0.15, 0.2) is 141 Å². The molecular weight excluding hydrogens is 978 g/mol. The Morgan fingerprint density at radius 1 is 0.246 bits per heavy atom. The molecule has 0 spiro atoms. The van der Waals surface area contributed by atoms with Crippen molar-refractivity contribution in [3.05, 3.63) is 121 Å². The van der Waals surface area contributed by atoms with Crippen LogP contribution in [0.2, 0.25) is 0 Å². The number of rotatable bonds is 8. The fraction of sp³-hybridized carbons (Fsp3) is 0.571. The average molecular weight is 1050 g/mol. The third kappa shape index (κ3) is 10.5. The largest absolute Gasteiger partial charge is 0.286 e. The van der Waals surface area contributed by atoms with Crippen molar-refractivity contribution >= 4 is 47.0 Å². The van der Waals surface area contributed by atoms with Gasteiger partial charge in [0.25, 0.3) is 0 Å². The van der Waals surface area contributed by atoms with Crippen LogP contribution in [-0.2, 0) is 19.5 Å². The molecule has 0 radical (unpaired) electrons. The summed E-state index contributed by atoms with van der Waals surface area (Å²) in [4.78, 5) is 5.66. The normalized spacial score (nSPS) is 42.3. The van der Waals surface area contributed by atoms with E-state index >= 15 is 0 Å². The Morgan fingerprint density at radius 2 is 0.435 bits per heavy atom. The van der Waals surface area contributed by atoms with E-state index < -0.39 is 0 Å². The van der Waals surface area contributed by atoms with Crippen LogP contribution in [0.3, 0.4) is 0 Å². The molecule has 0 amide bonds. The second-order valence-corrected chi connectivity index (χ2v) is 27.4. The summed E-state index contributed by atoms with van der Waals surface area (Å²) in [5.74, 6) is 4.62. The number of hydrogen-bond donors (Lipinski definition) is 8. The molecule has 8 nitrogen and oxygen atoms in total. The predicted molar refractivity (Wildman–Crippen MR) is 283 cm³/mol. The Morgan fingerprint density at radius 3 is 0.638 bits per heavy atom. The van der Waals surface area contributed by atoms with Gasteiger partial charge in [-0.25, -0.2) is 0 Å². The molecule has 12 atom stereocenters. The molecule has 4 saturated carbocycles. The first-order valence-electron chi connectivity index (χ1n) is 26.6. The second kappa shape index (κ2) is 21.8. The Bertz CT molecular complexity index is 1960. The first-order valence-corrected chi connectivity index (χ1v) is 30.1. The van der Waals surface area contributed by atoms with Crippen molar-refractivity contribution < 1.29 is 19.5 Å². The molecule has 9 aliphatic rings. The molecule has 13 rings (SSSR count). The molecular formula is C56H72N8S4Zn. The number of thioether (sulfide) groups is 4. The van der Waals surface area contributed by atoms with Gasteiger partial charge in [0.2, 0.25) is 0 Å². The second-order valence-electron chi connectivity index (χ2n) is 21.9. The minimum Gasteiger partial charge on any atom is -0.286 e. The van der Waals surface area contributed by atoms with Gasteiger partial charge in [-0.2, -0.15) is 0 Å². The number of benzene rings is 4. The summed E-state index contributed by atoms with van der Waals surface area (Å²) in [6.07, 6.45) is 17.2. The minimum absolute atomic E-state index is 0. The number of hydrogen-bond acceptors (Lipinski definition) is 12. The van der Waals surface area contributed by atoms with E-state index in [1.165, 1.54) is 96.6 Å². The van der Waals surface area contributed by atoms with Crippen molar-refractivity contribution in [2.24, 2.45) is 47.3 Å². The van der Waals surface area contributed by atoms with Gasteiger partial charge in [-0.15, -0.1) is 47.0 Å².